The van der Waals surface area contributed by atoms with Gasteiger partial charge >= 0.3 is 0 Å². The number of Topliss-reactive ketones (excluding diaryl/α,β-unsaturated/α-hetero) is 1. The van der Waals surface area contributed by atoms with Gasteiger partial charge in [-0.2, -0.15) is 0 Å². The molecule has 0 aromatic carbocycles. The molecule has 4 nitrogen and oxygen atoms in total. The zero-order valence-corrected chi connectivity index (χ0v) is 5.80. The third-order valence-corrected chi connectivity index (χ3v) is 1.13. The molecule has 0 unspecified atom stereocenters. The first-order valence-corrected chi connectivity index (χ1v) is 3.21. The van der Waals surface area contributed by atoms with Crippen LogP contribution in [0.3, 0.4) is 0 Å². The predicted molar refractivity (Wildman–Crippen MR) is 37.1 cm³/mol. The van der Waals surface area contributed by atoms with E-state index in [1.54, 1.807) is 0 Å². The lowest BCUT2D eigenvalue weighted by atomic mass is 10.2. The molecular weight excluding hydrogens is 132 g/mol. The Morgan fingerprint density at radius 1 is 1.20 bits per heavy atom. The highest BCUT2D eigenvalue weighted by Gasteiger charge is 2.06. The molecule has 1 amide bonds. The van der Waals surface area contributed by atoms with Crippen LogP contribution in [0.2, 0.25) is 0 Å². The number of unbranched alkanes of at least 4 members (excludes halogenated alkanes) is 1. The fourth-order valence-corrected chi connectivity index (χ4v) is 0.553. The summed E-state index contributed by atoms with van der Waals surface area (Å²) in [5.41, 5.74) is 9.86. The van der Waals surface area contributed by atoms with Crippen LogP contribution in [0.15, 0.2) is 0 Å². The number of carbonyl (C=O) groups is 2. The summed E-state index contributed by atoms with van der Waals surface area (Å²) in [5.74, 6) is -1.36. The van der Waals surface area contributed by atoms with Gasteiger partial charge in [0, 0.05) is 6.42 Å². The van der Waals surface area contributed by atoms with Gasteiger partial charge in [-0.15, -0.1) is 0 Å². The molecular formula is C6H12N2O2. The topological polar surface area (TPSA) is 86.2 Å². The van der Waals surface area contributed by atoms with Crippen LogP contribution in [0.1, 0.15) is 19.3 Å². The minimum atomic E-state index is -0.850. The maximum Gasteiger partial charge on any atom is 0.284 e. The number of carbonyl (C=O) groups excluding carboxylic acids is 2. The summed E-state index contributed by atoms with van der Waals surface area (Å²) < 4.78 is 0. The van der Waals surface area contributed by atoms with Crippen LogP contribution in [0.25, 0.3) is 0 Å². The van der Waals surface area contributed by atoms with Crippen molar-refractivity contribution in [2.75, 3.05) is 6.54 Å². The molecule has 0 atom stereocenters. The maximum atomic E-state index is 10.5. The molecule has 0 aliphatic rings. The van der Waals surface area contributed by atoms with E-state index in [9.17, 15) is 9.59 Å². The Hall–Kier alpha value is -0.900. The summed E-state index contributed by atoms with van der Waals surface area (Å²) in [6, 6.07) is 0. The van der Waals surface area contributed by atoms with E-state index in [-0.39, 0.29) is 6.42 Å². The number of ketones is 1. The standard InChI is InChI=1S/C6H12N2O2/c7-4-2-1-3-5(9)6(8)10/h1-4,7H2,(H2,8,10). The van der Waals surface area contributed by atoms with Crippen LogP contribution in [0, 0.1) is 0 Å². The third kappa shape index (κ3) is 4.03. The van der Waals surface area contributed by atoms with Crippen LogP contribution in [-0.4, -0.2) is 18.2 Å². The van der Waals surface area contributed by atoms with Crippen molar-refractivity contribution in [1.82, 2.24) is 0 Å². The van der Waals surface area contributed by atoms with Crippen LogP contribution < -0.4 is 11.5 Å². The lowest BCUT2D eigenvalue weighted by Crippen LogP contribution is -2.22. The van der Waals surface area contributed by atoms with Gasteiger partial charge in [0.25, 0.3) is 5.91 Å². The van der Waals surface area contributed by atoms with Crippen LogP contribution in [0.5, 0.6) is 0 Å². The zero-order chi connectivity index (χ0) is 7.98. The average molecular weight is 144 g/mol. The van der Waals surface area contributed by atoms with Gasteiger partial charge in [-0.3, -0.25) is 9.59 Å². The van der Waals surface area contributed by atoms with Gasteiger partial charge in [0.15, 0.2) is 0 Å². The smallest absolute Gasteiger partial charge is 0.284 e. The molecule has 58 valence electrons. The quantitative estimate of drug-likeness (QED) is 0.390. The lowest BCUT2D eigenvalue weighted by Gasteiger charge is -1.93. The first kappa shape index (κ1) is 9.10. The van der Waals surface area contributed by atoms with E-state index in [0.717, 1.165) is 6.42 Å². The predicted octanol–water partition coefficient (Wildman–Crippen LogP) is -0.830. The minimum absolute atomic E-state index is 0.229. The van der Waals surface area contributed by atoms with E-state index in [1.165, 1.54) is 0 Å². The van der Waals surface area contributed by atoms with Gasteiger partial charge in [0.05, 0.1) is 0 Å². The molecule has 0 aliphatic carbocycles. The molecule has 0 aromatic heterocycles. The fraction of sp³-hybridized carbons (Fsp3) is 0.667. The Balaban J connectivity index is 3.31. The molecule has 4 N–H and O–H groups in total. The van der Waals surface area contributed by atoms with E-state index in [2.05, 4.69) is 0 Å². The Labute approximate surface area is 59.6 Å². The second kappa shape index (κ2) is 4.93. The minimum Gasteiger partial charge on any atom is -0.363 e. The normalized spacial score (nSPS) is 9.30. The van der Waals surface area contributed by atoms with Crippen molar-refractivity contribution >= 4 is 11.7 Å². The van der Waals surface area contributed by atoms with Gasteiger partial charge in [-0.25, -0.2) is 0 Å². The summed E-state index contributed by atoms with van der Waals surface area (Å²) in [6.45, 7) is 0.548. The van der Waals surface area contributed by atoms with E-state index >= 15 is 0 Å². The highest BCUT2D eigenvalue weighted by molar-refractivity contribution is 6.35. The highest BCUT2D eigenvalue weighted by atomic mass is 16.2. The summed E-state index contributed by atoms with van der Waals surface area (Å²) in [5, 5.41) is 0. The van der Waals surface area contributed by atoms with E-state index < -0.39 is 11.7 Å². The zero-order valence-electron chi connectivity index (χ0n) is 5.80. The number of hydrogen-bond donors (Lipinski definition) is 2. The number of primary amides is 1. The second-order valence-electron chi connectivity index (χ2n) is 2.03. The SMILES string of the molecule is NCCCCC(=O)C(N)=O. The Morgan fingerprint density at radius 3 is 2.20 bits per heavy atom. The first-order chi connectivity index (χ1) is 4.68. The van der Waals surface area contributed by atoms with Gasteiger partial charge in [0.2, 0.25) is 5.78 Å². The third-order valence-electron chi connectivity index (χ3n) is 1.13. The summed E-state index contributed by atoms with van der Waals surface area (Å²) in [4.78, 5) is 20.6. The molecule has 0 radical (unpaired) electrons. The van der Waals surface area contributed by atoms with Crippen LogP contribution >= 0.6 is 0 Å². The van der Waals surface area contributed by atoms with E-state index in [1.807, 2.05) is 0 Å². The highest BCUT2D eigenvalue weighted by Crippen LogP contribution is 1.93. The van der Waals surface area contributed by atoms with E-state index in [0.29, 0.717) is 13.0 Å². The average Bonchev–Trinajstić information content (AvgIpc) is 1.88. The molecule has 0 fully saturated rings. The summed E-state index contributed by atoms with van der Waals surface area (Å²) >= 11 is 0. The molecule has 0 saturated heterocycles. The van der Waals surface area contributed by atoms with Gasteiger partial charge in [0.1, 0.15) is 0 Å². The molecule has 0 saturated carbocycles. The Bertz CT molecular complexity index is 134. The van der Waals surface area contributed by atoms with Crippen LogP contribution in [0.4, 0.5) is 0 Å². The molecule has 0 spiro atoms. The number of hydrogen-bond acceptors (Lipinski definition) is 3. The second-order valence-corrected chi connectivity index (χ2v) is 2.03. The van der Waals surface area contributed by atoms with Crippen molar-refractivity contribution in [3.63, 3.8) is 0 Å². The molecule has 0 aromatic rings. The van der Waals surface area contributed by atoms with Gasteiger partial charge in [-0.05, 0) is 19.4 Å². The number of nitrogens with two attached hydrogens (primary N) is 2. The first-order valence-electron chi connectivity index (χ1n) is 3.21. The summed E-state index contributed by atoms with van der Waals surface area (Å²) in [6.07, 6.45) is 1.64. The van der Waals surface area contributed by atoms with Crippen molar-refractivity contribution in [2.24, 2.45) is 11.5 Å². The Morgan fingerprint density at radius 2 is 1.80 bits per heavy atom. The monoisotopic (exact) mass is 144 g/mol. The van der Waals surface area contributed by atoms with Crippen molar-refractivity contribution in [2.45, 2.75) is 19.3 Å². The molecule has 0 bridgehead atoms. The van der Waals surface area contributed by atoms with Gasteiger partial charge in [-0.1, -0.05) is 0 Å². The molecule has 0 rings (SSSR count). The van der Waals surface area contributed by atoms with Crippen molar-refractivity contribution in [1.29, 1.82) is 0 Å². The molecule has 4 heteroatoms. The fourth-order valence-electron chi connectivity index (χ4n) is 0.553. The Kier molecular flexibility index (Phi) is 4.49. The van der Waals surface area contributed by atoms with Crippen molar-refractivity contribution in [3.8, 4) is 0 Å². The van der Waals surface area contributed by atoms with Crippen molar-refractivity contribution in [3.05, 3.63) is 0 Å². The lowest BCUT2D eigenvalue weighted by molar-refractivity contribution is -0.136. The van der Waals surface area contributed by atoms with E-state index in [4.69, 9.17) is 11.5 Å². The molecule has 0 heterocycles. The van der Waals surface area contributed by atoms with Gasteiger partial charge < -0.3 is 11.5 Å². The maximum absolute atomic E-state index is 10.5. The van der Waals surface area contributed by atoms with Crippen molar-refractivity contribution < 1.29 is 9.59 Å². The van der Waals surface area contributed by atoms with Crippen LogP contribution in [-0.2, 0) is 9.59 Å². The molecule has 0 aliphatic heterocycles. The summed E-state index contributed by atoms with van der Waals surface area (Å²) in [7, 11) is 0. The molecule has 10 heavy (non-hydrogen) atoms. The number of rotatable bonds is 5. The largest absolute Gasteiger partial charge is 0.363 e. The number of amides is 1.